The third kappa shape index (κ3) is 3.33. The Labute approximate surface area is 146 Å². The number of rotatable bonds is 5. The molecule has 0 radical (unpaired) electrons. The summed E-state index contributed by atoms with van der Waals surface area (Å²) in [6, 6.07) is 3.15. The molecular weight excluding hydrogens is 320 g/mol. The summed E-state index contributed by atoms with van der Waals surface area (Å²) in [5.41, 5.74) is 3.53. The molecule has 0 aliphatic heterocycles. The fourth-order valence-corrected chi connectivity index (χ4v) is 3.61. The average molecular weight is 344 g/mol. The minimum Gasteiger partial charge on any atom is -0.460 e. The lowest BCUT2D eigenvalue weighted by molar-refractivity contribution is 0.0488. The van der Waals surface area contributed by atoms with Crippen LogP contribution in [0.1, 0.15) is 67.0 Å². The van der Waals surface area contributed by atoms with Gasteiger partial charge < -0.3 is 13.9 Å². The molecule has 0 saturated carbocycles. The summed E-state index contributed by atoms with van der Waals surface area (Å²) >= 11 is 0. The number of fused-ring (bicyclic) bond motifs is 2. The molecule has 0 saturated heterocycles. The molecule has 1 aliphatic rings. The molecule has 3 rings (SSSR count). The molecule has 0 spiro atoms. The number of benzene rings is 1. The lowest BCUT2D eigenvalue weighted by Gasteiger charge is -2.24. The smallest absolute Gasteiger partial charge is 0.374 e. The van der Waals surface area contributed by atoms with Crippen molar-refractivity contribution in [2.45, 2.75) is 52.6 Å². The van der Waals surface area contributed by atoms with Crippen molar-refractivity contribution in [2.75, 3.05) is 13.2 Å². The Kier molecular flexibility index (Phi) is 5.23. The van der Waals surface area contributed by atoms with Crippen molar-refractivity contribution < 1.29 is 18.7 Å². The Hall–Kier alpha value is -2.14. The van der Waals surface area contributed by atoms with E-state index < -0.39 is 5.97 Å². The normalized spacial score (nSPS) is 15.0. The van der Waals surface area contributed by atoms with Gasteiger partial charge in [0.25, 0.3) is 0 Å². The molecule has 0 amide bonds. The van der Waals surface area contributed by atoms with Crippen molar-refractivity contribution in [1.29, 1.82) is 0 Å². The largest absolute Gasteiger partial charge is 0.460 e. The lowest BCUT2D eigenvalue weighted by atomic mass is 9.85. The van der Waals surface area contributed by atoms with Crippen LogP contribution in [0.5, 0.6) is 0 Å². The first-order valence-electron chi connectivity index (χ1n) is 8.98. The highest BCUT2D eigenvalue weighted by Crippen LogP contribution is 2.35. The van der Waals surface area contributed by atoms with Crippen LogP contribution in [0.25, 0.3) is 11.0 Å². The Morgan fingerprint density at radius 3 is 2.68 bits per heavy atom. The molecule has 25 heavy (non-hydrogen) atoms. The molecule has 0 bridgehead atoms. The molecular formula is C20H24O5. The summed E-state index contributed by atoms with van der Waals surface area (Å²) in [7, 11) is 0. The van der Waals surface area contributed by atoms with E-state index in [2.05, 4.69) is 0 Å². The quantitative estimate of drug-likeness (QED) is 0.769. The van der Waals surface area contributed by atoms with Gasteiger partial charge in [0.05, 0.1) is 18.1 Å². The number of hydrogen-bond acceptors (Lipinski definition) is 5. The zero-order valence-electron chi connectivity index (χ0n) is 15.0. The summed E-state index contributed by atoms with van der Waals surface area (Å²) < 4.78 is 16.7. The van der Waals surface area contributed by atoms with Crippen molar-refractivity contribution in [3.05, 3.63) is 44.8 Å². The second kappa shape index (κ2) is 7.40. The topological polar surface area (TPSA) is 65.7 Å². The molecule has 5 nitrogen and oxygen atoms in total. The van der Waals surface area contributed by atoms with Crippen molar-refractivity contribution in [3.8, 4) is 0 Å². The summed E-state index contributed by atoms with van der Waals surface area (Å²) in [6.45, 7) is 6.41. The van der Waals surface area contributed by atoms with E-state index in [0.717, 1.165) is 31.2 Å². The fraction of sp³-hybridized carbons (Fsp3) is 0.500. The molecule has 0 N–H and O–H groups in total. The highest BCUT2D eigenvalue weighted by Gasteiger charge is 2.25. The monoisotopic (exact) mass is 344 g/mol. The first-order valence-corrected chi connectivity index (χ1v) is 8.98. The van der Waals surface area contributed by atoms with E-state index in [1.54, 1.807) is 6.92 Å². The van der Waals surface area contributed by atoms with Crippen LogP contribution in [0.15, 0.2) is 21.3 Å². The van der Waals surface area contributed by atoms with Crippen LogP contribution in [0.2, 0.25) is 0 Å². The average Bonchev–Trinajstić information content (AvgIpc) is 2.60. The number of ether oxygens (including phenoxy) is 2. The number of aryl methyl sites for hydroxylation is 1. The maximum Gasteiger partial charge on any atom is 0.374 e. The SMILES string of the molecule is CCOC(=O)c1cc(=O)c2cc3c(c(C(C)OCC)c2o1)CCCC3. The molecule has 1 atom stereocenters. The first kappa shape index (κ1) is 17.7. The Morgan fingerprint density at radius 1 is 1.20 bits per heavy atom. The van der Waals surface area contributed by atoms with Crippen LogP contribution in [-0.2, 0) is 22.3 Å². The third-order valence-electron chi connectivity index (χ3n) is 4.68. The van der Waals surface area contributed by atoms with Crippen molar-refractivity contribution in [2.24, 2.45) is 0 Å². The third-order valence-corrected chi connectivity index (χ3v) is 4.68. The molecule has 1 aliphatic carbocycles. The molecule has 1 aromatic carbocycles. The minimum absolute atomic E-state index is 0.0555. The van der Waals surface area contributed by atoms with E-state index in [9.17, 15) is 9.59 Å². The number of carbonyl (C=O) groups is 1. The second-order valence-electron chi connectivity index (χ2n) is 6.30. The maximum absolute atomic E-state index is 12.6. The van der Waals surface area contributed by atoms with Gasteiger partial charge in [0, 0.05) is 18.2 Å². The maximum atomic E-state index is 12.6. The van der Waals surface area contributed by atoms with Gasteiger partial charge in [-0.25, -0.2) is 4.79 Å². The van der Waals surface area contributed by atoms with Crippen LogP contribution < -0.4 is 5.43 Å². The Balaban J connectivity index is 2.29. The van der Waals surface area contributed by atoms with Gasteiger partial charge in [-0.05, 0) is 63.6 Å². The van der Waals surface area contributed by atoms with E-state index in [0.29, 0.717) is 17.6 Å². The van der Waals surface area contributed by atoms with Crippen LogP contribution in [0.3, 0.4) is 0 Å². The zero-order chi connectivity index (χ0) is 18.0. The predicted molar refractivity (Wildman–Crippen MR) is 95.1 cm³/mol. The van der Waals surface area contributed by atoms with E-state index in [4.69, 9.17) is 13.9 Å². The predicted octanol–water partition coefficient (Wildman–Crippen LogP) is 3.95. The molecule has 2 aromatic rings. The van der Waals surface area contributed by atoms with Gasteiger partial charge in [-0.2, -0.15) is 0 Å². The van der Waals surface area contributed by atoms with E-state index in [1.807, 2.05) is 19.9 Å². The zero-order valence-corrected chi connectivity index (χ0v) is 15.0. The van der Waals surface area contributed by atoms with Gasteiger partial charge in [0.15, 0.2) is 5.43 Å². The molecule has 5 heteroatoms. The summed E-state index contributed by atoms with van der Waals surface area (Å²) in [5.74, 6) is -0.672. The highest BCUT2D eigenvalue weighted by molar-refractivity contribution is 5.90. The van der Waals surface area contributed by atoms with Gasteiger partial charge in [-0.15, -0.1) is 0 Å². The van der Waals surface area contributed by atoms with E-state index in [1.165, 1.54) is 17.2 Å². The molecule has 134 valence electrons. The lowest BCUT2D eigenvalue weighted by Crippen LogP contribution is -2.16. The summed E-state index contributed by atoms with van der Waals surface area (Å²) in [4.78, 5) is 24.7. The number of carbonyl (C=O) groups excluding carboxylic acids is 1. The number of esters is 1. The van der Waals surface area contributed by atoms with E-state index in [-0.39, 0.29) is 23.9 Å². The van der Waals surface area contributed by atoms with Crippen LogP contribution in [-0.4, -0.2) is 19.2 Å². The standard InChI is InChI=1S/C20H24O5/c1-4-23-12(3)18-14-9-7-6-8-13(14)10-15-16(21)11-17(25-19(15)18)20(22)24-5-2/h10-12H,4-9H2,1-3H3. The van der Waals surface area contributed by atoms with Gasteiger partial charge >= 0.3 is 5.97 Å². The Bertz CT molecular complexity index is 849. The fourth-order valence-electron chi connectivity index (χ4n) is 3.61. The highest BCUT2D eigenvalue weighted by atomic mass is 16.5. The van der Waals surface area contributed by atoms with Gasteiger partial charge in [-0.1, -0.05) is 0 Å². The Morgan fingerprint density at radius 2 is 1.96 bits per heavy atom. The summed E-state index contributed by atoms with van der Waals surface area (Å²) in [5, 5.41) is 0.509. The van der Waals surface area contributed by atoms with Crippen molar-refractivity contribution in [1.82, 2.24) is 0 Å². The first-order chi connectivity index (χ1) is 12.1. The van der Waals surface area contributed by atoms with Gasteiger partial charge in [0.2, 0.25) is 5.76 Å². The van der Waals surface area contributed by atoms with Crippen LogP contribution in [0, 0.1) is 0 Å². The second-order valence-corrected chi connectivity index (χ2v) is 6.30. The van der Waals surface area contributed by atoms with Crippen molar-refractivity contribution >= 4 is 16.9 Å². The molecule has 1 aromatic heterocycles. The van der Waals surface area contributed by atoms with Crippen LogP contribution >= 0.6 is 0 Å². The van der Waals surface area contributed by atoms with Crippen molar-refractivity contribution in [3.63, 3.8) is 0 Å². The molecule has 0 fully saturated rings. The minimum atomic E-state index is -0.616. The number of hydrogen-bond donors (Lipinski definition) is 0. The van der Waals surface area contributed by atoms with Gasteiger partial charge in [-0.3, -0.25) is 4.79 Å². The summed E-state index contributed by atoms with van der Waals surface area (Å²) in [6.07, 6.45) is 3.90. The van der Waals surface area contributed by atoms with E-state index >= 15 is 0 Å². The van der Waals surface area contributed by atoms with Gasteiger partial charge in [0.1, 0.15) is 5.58 Å². The molecule has 1 heterocycles. The molecule has 1 unspecified atom stereocenters. The van der Waals surface area contributed by atoms with Crippen LogP contribution in [0.4, 0.5) is 0 Å².